The first kappa shape index (κ1) is 27.2. The zero-order chi connectivity index (χ0) is 23.8. The molecular weight excluding hydrogens is 485 g/mol. The third kappa shape index (κ3) is 8.39. The third-order valence-corrected chi connectivity index (χ3v) is 10.5. The lowest BCUT2D eigenvalue weighted by Gasteiger charge is -2.19. The van der Waals surface area contributed by atoms with Gasteiger partial charge in [-0.2, -0.15) is 0 Å². The van der Waals surface area contributed by atoms with Gasteiger partial charge in [0.15, 0.2) is 0 Å². The Morgan fingerprint density at radius 2 is 0.969 bits per heavy atom. The van der Waals surface area contributed by atoms with Crippen molar-refractivity contribution in [1.29, 1.82) is 0 Å². The molecule has 0 aromatic heterocycles. The molecule has 0 unspecified atom stereocenters. The van der Waals surface area contributed by atoms with Gasteiger partial charge in [-0.05, 0) is 51.0 Å². The number of sulfonamides is 2. The molecule has 2 aromatic rings. The molecule has 0 aliphatic heterocycles. The van der Waals surface area contributed by atoms with E-state index < -0.39 is 20.0 Å². The SMILES string of the molecule is CC[C@@H](CSSC[C@H](CC)NS(=O)(=O)c1ccc(C)cc1)NS(=O)(=O)c1ccc(C)cc1. The summed E-state index contributed by atoms with van der Waals surface area (Å²) in [5.74, 6) is 1.18. The highest BCUT2D eigenvalue weighted by atomic mass is 33.1. The summed E-state index contributed by atoms with van der Waals surface area (Å²) in [6.07, 6.45) is 1.33. The van der Waals surface area contributed by atoms with Crippen molar-refractivity contribution in [1.82, 2.24) is 9.44 Å². The van der Waals surface area contributed by atoms with Gasteiger partial charge in [-0.25, -0.2) is 26.3 Å². The zero-order valence-electron chi connectivity index (χ0n) is 18.9. The molecule has 0 fully saturated rings. The number of nitrogens with one attached hydrogen (secondary N) is 2. The van der Waals surface area contributed by atoms with E-state index >= 15 is 0 Å². The molecule has 6 nitrogen and oxygen atoms in total. The Balaban J connectivity index is 1.85. The van der Waals surface area contributed by atoms with Crippen LogP contribution in [0.3, 0.4) is 0 Å². The van der Waals surface area contributed by atoms with Crippen LogP contribution in [0.2, 0.25) is 0 Å². The van der Waals surface area contributed by atoms with E-state index in [0.717, 1.165) is 11.1 Å². The summed E-state index contributed by atoms with van der Waals surface area (Å²) in [5, 5.41) is 0. The number of hydrogen-bond acceptors (Lipinski definition) is 6. The van der Waals surface area contributed by atoms with Crippen molar-refractivity contribution in [3.63, 3.8) is 0 Å². The summed E-state index contributed by atoms with van der Waals surface area (Å²) in [4.78, 5) is 0.520. The van der Waals surface area contributed by atoms with Crippen LogP contribution in [0.15, 0.2) is 58.3 Å². The van der Waals surface area contributed by atoms with Gasteiger partial charge in [-0.1, -0.05) is 70.8 Å². The molecule has 178 valence electrons. The fourth-order valence-electron chi connectivity index (χ4n) is 2.74. The highest BCUT2D eigenvalue weighted by Crippen LogP contribution is 2.25. The summed E-state index contributed by atoms with van der Waals surface area (Å²) < 4.78 is 56.0. The van der Waals surface area contributed by atoms with Gasteiger partial charge < -0.3 is 0 Å². The lowest BCUT2D eigenvalue weighted by atomic mass is 10.2. The smallest absolute Gasteiger partial charge is 0.207 e. The highest BCUT2D eigenvalue weighted by Gasteiger charge is 2.21. The number of benzene rings is 2. The van der Waals surface area contributed by atoms with E-state index in [1.807, 2.05) is 27.7 Å². The molecule has 0 aliphatic carbocycles. The van der Waals surface area contributed by atoms with Crippen LogP contribution in [0.4, 0.5) is 0 Å². The van der Waals surface area contributed by atoms with Crippen LogP contribution in [-0.2, 0) is 20.0 Å². The first-order valence-corrected chi connectivity index (χ1v) is 15.9. The average Bonchev–Trinajstić information content (AvgIpc) is 2.75. The molecule has 0 amide bonds. The van der Waals surface area contributed by atoms with Gasteiger partial charge in [0, 0.05) is 23.6 Å². The molecule has 0 saturated carbocycles. The van der Waals surface area contributed by atoms with Gasteiger partial charge in [0.05, 0.1) is 9.79 Å². The highest BCUT2D eigenvalue weighted by molar-refractivity contribution is 8.76. The minimum Gasteiger partial charge on any atom is -0.207 e. The van der Waals surface area contributed by atoms with Crippen LogP contribution in [-0.4, -0.2) is 40.4 Å². The number of rotatable bonds is 13. The van der Waals surface area contributed by atoms with E-state index in [9.17, 15) is 16.8 Å². The maximum atomic E-state index is 12.6. The largest absolute Gasteiger partial charge is 0.240 e. The molecule has 0 aliphatic rings. The van der Waals surface area contributed by atoms with E-state index in [0.29, 0.717) is 24.3 Å². The van der Waals surface area contributed by atoms with Crippen molar-refractivity contribution in [2.24, 2.45) is 0 Å². The average molecular weight is 517 g/mol. The molecule has 0 bridgehead atoms. The molecule has 2 atom stereocenters. The number of hydrogen-bond donors (Lipinski definition) is 2. The predicted octanol–water partition coefficient (Wildman–Crippen LogP) is 4.50. The predicted molar refractivity (Wildman–Crippen MR) is 136 cm³/mol. The molecule has 0 saturated heterocycles. The van der Waals surface area contributed by atoms with Gasteiger partial charge in [0.1, 0.15) is 0 Å². The Bertz CT molecular complexity index is 967. The van der Waals surface area contributed by atoms with Gasteiger partial charge >= 0.3 is 0 Å². The topological polar surface area (TPSA) is 92.3 Å². The van der Waals surface area contributed by atoms with Gasteiger partial charge in [-0.15, -0.1) is 0 Å². The van der Waals surface area contributed by atoms with E-state index in [1.54, 1.807) is 70.1 Å². The molecule has 10 heteroatoms. The quantitative estimate of drug-likeness (QED) is 0.301. The molecule has 2 N–H and O–H groups in total. The molecule has 2 aromatic carbocycles. The second kappa shape index (κ2) is 12.4. The fraction of sp³-hybridized carbons (Fsp3) is 0.455. The van der Waals surface area contributed by atoms with Gasteiger partial charge in [0.2, 0.25) is 20.0 Å². The molecular formula is C22H32N2O4S4. The lowest BCUT2D eigenvalue weighted by Crippen LogP contribution is -2.37. The van der Waals surface area contributed by atoms with Crippen molar-refractivity contribution >= 4 is 41.6 Å². The number of aryl methyl sites for hydroxylation is 2. The van der Waals surface area contributed by atoms with Crippen molar-refractivity contribution in [3.05, 3.63) is 59.7 Å². The monoisotopic (exact) mass is 516 g/mol. The standard InChI is InChI=1S/C22H32N2O4S4/c1-5-19(23-31(25,26)21-11-7-17(3)8-12-21)15-29-30-16-20(6-2)24-32(27,28)22-13-9-18(4)10-14-22/h7-14,19-20,23-24H,5-6,15-16H2,1-4H3/t19-,20-/m0/s1. The van der Waals surface area contributed by atoms with Crippen molar-refractivity contribution < 1.29 is 16.8 Å². The van der Waals surface area contributed by atoms with Gasteiger partial charge in [-0.3, -0.25) is 0 Å². The van der Waals surface area contributed by atoms with Gasteiger partial charge in [0.25, 0.3) is 0 Å². The van der Waals surface area contributed by atoms with Crippen molar-refractivity contribution in [3.8, 4) is 0 Å². The Kier molecular flexibility index (Phi) is 10.6. The van der Waals surface area contributed by atoms with E-state index in [-0.39, 0.29) is 21.9 Å². The molecule has 0 radical (unpaired) electrons. The normalized spacial score (nSPS) is 14.2. The van der Waals surface area contributed by atoms with Crippen LogP contribution in [0, 0.1) is 13.8 Å². The Morgan fingerprint density at radius 1 is 0.656 bits per heavy atom. The zero-order valence-corrected chi connectivity index (χ0v) is 22.1. The van der Waals surface area contributed by atoms with Crippen LogP contribution < -0.4 is 9.44 Å². The molecule has 2 rings (SSSR count). The second-order valence-corrected chi connectivity index (χ2v) is 13.6. The van der Waals surface area contributed by atoms with E-state index in [1.165, 1.54) is 0 Å². The Hall–Kier alpha value is -1.04. The minimum atomic E-state index is -3.57. The Morgan fingerprint density at radius 3 is 1.25 bits per heavy atom. The molecule has 32 heavy (non-hydrogen) atoms. The first-order valence-electron chi connectivity index (χ1n) is 10.5. The van der Waals surface area contributed by atoms with Crippen LogP contribution >= 0.6 is 21.6 Å². The fourth-order valence-corrected chi connectivity index (χ4v) is 8.31. The van der Waals surface area contributed by atoms with Crippen LogP contribution in [0.1, 0.15) is 37.8 Å². The summed E-state index contributed by atoms with van der Waals surface area (Å²) in [6, 6.07) is 13.1. The van der Waals surface area contributed by atoms with Crippen LogP contribution in [0.5, 0.6) is 0 Å². The molecule has 0 spiro atoms. The van der Waals surface area contributed by atoms with E-state index in [2.05, 4.69) is 9.44 Å². The minimum absolute atomic E-state index is 0.205. The van der Waals surface area contributed by atoms with Crippen LogP contribution in [0.25, 0.3) is 0 Å². The Labute approximate surface area is 200 Å². The maximum absolute atomic E-state index is 12.6. The van der Waals surface area contributed by atoms with Crippen molar-refractivity contribution in [2.75, 3.05) is 11.5 Å². The summed E-state index contributed by atoms with van der Waals surface area (Å²) in [7, 11) is -4.04. The molecule has 0 heterocycles. The van der Waals surface area contributed by atoms with Crippen molar-refractivity contribution in [2.45, 2.75) is 62.4 Å². The summed E-state index contributed by atoms with van der Waals surface area (Å²) >= 11 is 0. The summed E-state index contributed by atoms with van der Waals surface area (Å²) in [6.45, 7) is 7.71. The first-order chi connectivity index (χ1) is 15.1. The lowest BCUT2D eigenvalue weighted by molar-refractivity contribution is 0.556. The maximum Gasteiger partial charge on any atom is 0.240 e. The van der Waals surface area contributed by atoms with E-state index in [4.69, 9.17) is 0 Å². The second-order valence-electron chi connectivity index (χ2n) is 7.65. The third-order valence-electron chi connectivity index (χ3n) is 4.91. The summed E-state index contributed by atoms with van der Waals surface area (Å²) in [5.41, 5.74) is 2.01.